The first-order valence-corrected chi connectivity index (χ1v) is 8.50. The highest BCUT2D eigenvalue weighted by molar-refractivity contribution is 7.52. The van der Waals surface area contributed by atoms with Gasteiger partial charge in [-0.3, -0.25) is 4.57 Å². The van der Waals surface area contributed by atoms with E-state index in [2.05, 4.69) is 32.9 Å². The van der Waals surface area contributed by atoms with Crippen molar-refractivity contribution in [2.75, 3.05) is 0 Å². The lowest BCUT2D eigenvalue weighted by atomic mass is 10.1. The summed E-state index contributed by atoms with van der Waals surface area (Å²) < 4.78 is 10.8. The van der Waals surface area contributed by atoms with E-state index in [0.29, 0.717) is 6.42 Å². The van der Waals surface area contributed by atoms with Crippen LogP contribution in [-0.2, 0) is 4.57 Å². The molecular formula is C15H27O4P. The molecule has 0 aromatic carbocycles. The van der Waals surface area contributed by atoms with E-state index in [9.17, 15) is 9.67 Å². The van der Waals surface area contributed by atoms with Crippen molar-refractivity contribution in [3.05, 3.63) is 34.9 Å². The summed E-state index contributed by atoms with van der Waals surface area (Å²) in [5.74, 6) is -1.69. The smallest absolute Gasteiger partial charge is 0.357 e. The van der Waals surface area contributed by atoms with E-state index in [-0.39, 0.29) is 0 Å². The van der Waals surface area contributed by atoms with Gasteiger partial charge in [0, 0.05) is 0 Å². The van der Waals surface area contributed by atoms with Gasteiger partial charge >= 0.3 is 7.60 Å². The predicted octanol–water partition coefficient (Wildman–Crippen LogP) is 3.90. The molecule has 0 aromatic rings. The van der Waals surface area contributed by atoms with E-state index in [1.54, 1.807) is 6.92 Å². The molecule has 4 nitrogen and oxygen atoms in total. The van der Waals surface area contributed by atoms with Crippen LogP contribution in [0.3, 0.4) is 0 Å². The average Bonchev–Trinajstić information content (AvgIpc) is 2.26. The summed E-state index contributed by atoms with van der Waals surface area (Å²) >= 11 is 0. The summed E-state index contributed by atoms with van der Waals surface area (Å²) in [6.45, 7) is 8.02. The summed E-state index contributed by atoms with van der Waals surface area (Å²) in [4.78, 5) is 17.6. The molecule has 0 aliphatic rings. The van der Waals surface area contributed by atoms with Crippen LogP contribution in [0.15, 0.2) is 34.9 Å². The van der Waals surface area contributed by atoms with Crippen molar-refractivity contribution >= 4 is 7.60 Å². The number of hydrogen-bond acceptors (Lipinski definition) is 2. The number of hydrogen-bond donors (Lipinski definition) is 3. The second-order valence-corrected chi connectivity index (χ2v) is 7.13. The Morgan fingerprint density at radius 2 is 1.50 bits per heavy atom. The molecule has 0 saturated heterocycles. The molecule has 20 heavy (non-hydrogen) atoms. The number of allylic oxidation sites excluding steroid dienone is 5. The quantitative estimate of drug-likeness (QED) is 0.469. The summed E-state index contributed by atoms with van der Waals surface area (Å²) in [5, 5.41) is 9.27. The Balaban J connectivity index is 4.19. The molecule has 3 N–H and O–H groups in total. The fourth-order valence-corrected chi connectivity index (χ4v) is 2.12. The van der Waals surface area contributed by atoms with Crippen LogP contribution in [0.5, 0.6) is 0 Å². The van der Waals surface area contributed by atoms with E-state index >= 15 is 0 Å². The molecule has 0 saturated carbocycles. The van der Waals surface area contributed by atoms with Crippen LogP contribution in [0.25, 0.3) is 0 Å². The number of rotatable bonds is 8. The lowest BCUT2D eigenvalue weighted by molar-refractivity contribution is 0.237. The fourth-order valence-electron chi connectivity index (χ4n) is 1.67. The molecule has 0 aliphatic heterocycles. The van der Waals surface area contributed by atoms with Crippen molar-refractivity contribution < 1.29 is 19.5 Å². The zero-order chi connectivity index (χ0) is 15.8. The van der Waals surface area contributed by atoms with Gasteiger partial charge in [-0.2, -0.15) is 0 Å². The van der Waals surface area contributed by atoms with Crippen molar-refractivity contribution in [3.63, 3.8) is 0 Å². The molecule has 0 heterocycles. The van der Waals surface area contributed by atoms with Gasteiger partial charge in [-0.25, -0.2) is 0 Å². The third-order valence-corrected chi connectivity index (χ3v) is 3.74. The summed E-state index contributed by atoms with van der Waals surface area (Å²) in [6.07, 6.45) is 9.16. The topological polar surface area (TPSA) is 77.8 Å². The third-order valence-electron chi connectivity index (χ3n) is 2.90. The van der Waals surface area contributed by atoms with Crippen molar-refractivity contribution in [2.45, 2.75) is 59.2 Å². The highest BCUT2D eigenvalue weighted by Crippen LogP contribution is 2.40. The SMILES string of the molecule is CC(C)=CCC/C(C)=C/CC/C(C)=C\[C@H](O)P(=O)(O)O. The molecule has 0 amide bonds. The van der Waals surface area contributed by atoms with E-state index in [0.717, 1.165) is 24.8 Å². The highest BCUT2D eigenvalue weighted by atomic mass is 31.2. The summed E-state index contributed by atoms with van der Waals surface area (Å²) in [7, 11) is -4.43. The Morgan fingerprint density at radius 3 is 2.00 bits per heavy atom. The van der Waals surface area contributed by atoms with Crippen LogP contribution in [0.4, 0.5) is 0 Å². The molecular weight excluding hydrogens is 275 g/mol. The van der Waals surface area contributed by atoms with Crippen LogP contribution in [-0.4, -0.2) is 20.7 Å². The minimum atomic E-state index is -4.43. The molecule has 0 spiro atoms. The zero-order valence-corrected chi connectivity index (χ0v) is 13.7. The van der Waals surface area contributed by atoms with Gasteiger partial charge in [0.05, 0.1) is 0 Å². The highest BCUT2D eigenvalue weighted by Gasteiger charge is 2.23. The van der Waals surface area contributed by atoms with E-state index in [1.807, 2.05) is 0 Å². The van der Waals surface area contributed by atoms with Gasteiger partial charge in [-0.1, -0.05) is 28.9 Å². The van der Waals surface area contributed by atoms with E-state index < -0.39 is 13.4 Å². The van der Waals surface area contributed by atoms with Gasteiger partial charge in [0.2, 0.25) is 0 Å². The van der Waals surface area contributed by atoms with Crippen LogP contribution in [0, 0.1) is 0 Å². The van der Waals surface area contributed by atoms with E-state index in [4.69, 9.17) is 9.79 Å². The first kappa shape index (κ1) is 19.3. The molecule has 116 valence electrons. The monoisotopic (exact) mass is 302 g/mol. The lowest BCUT2D eigenvalue weighted by Crippen LogP contribution is -2.03. The first-order valence-electron chi connectivity index (χ1n) is 6.82. The predicted molar refractivity (Wildman–Crippen MR) is 83.5 cm³/mol. The average molecular weight is 302 g/mol. The molecule has 0 bridgehead atoms. The minimum absolute atomic E-state index is 0.692. The summed E-state index contributed by atoms with van der Waals surface area (Å²) in [5.41, 5.74) is 3.42. The van der Waals surface area contributed by atoms with Gasteiger partial charge in [0.25, 0.3) is 0 Å². The Kier molecular flexibility index (Phi) is 8.99. The molecule has 0 aromatic heterocycles. The maximum atomic E-state index is 10.8. The summed E-state index contributed by atoms with van der Waals surface area (Å²) in [6, 6.07) is 0. The largest absolute Gasteiger partial charge is 0.377 e. The van der Waals surface area contributed by atoms with Crippen molar-refractivity contribution in [1.82, 2.24) is 0 Å². The Bertz CT molecular complexity index is 425. The molecule has 1 atom stereocenters. The van der Waals surface area contributed by atoms with Crippen LogP contribution in [0.1, 0.15) is 53.4 Å². The van der Waals surface area contributed by atoms with Crippen LogP contribution >= 0.6 is 7.60 Å². The molecule has 0 fully saturated rings. The normalized spacial score (nSPS) is 15.2. The Labute approximate surface area is 122 Å². The van der Waals surface area contributed by atoms with E-state index in [1.165, 1.54) is 17.2 Å². The van der Waals surface area contributed by atoms with Crippen molar-refractivity contribution in [3.8, 4) is 0 Å². The van der Waals surface area contributed by atoms with Crippen LogP contribution < -0.4 is 0 Å². The third kappa shape index (κ3) is 10.2. The second kappa shape index (κ2) is 9.30. The Hall–Kier alpha value is -0.670. The molecule has 0 unspecified atom stereocenters. The second-order valence-electron chi connectivity index (χ2n) is 5.43. The van der Waals surface area contributed by atoms with Crippen molar-refractivity contribution in [1.29, 1.82) is 0 Å². The molecule has 0 aliphatic carbocycles. The number of aliphatic hydroxyl groups excluding tert-OH is 1. The van der Waals surface area contributed by atoms with Gasteiger partial charge in [-0.15, -0.1) is 0 Å². The lowest BCUT2D eigenvalue weighted by Gasteiger charge is -2.09. The number of aliphatic hydroxyl groups is 1. The molecule has 5 heteroatoms. The first-order chi connectivity index (χ1) is 9.12. The fraction of sp³-hybridized carbons (Fsp3) is 0.600. The standard InChI is InChI=1S/C15H27O4P/c1-12(2)7-5-8-13(3)9-6-10-14(4)11-15(16)20(17,18)19/h7,9,11,15-16H,5-6,8,10H2,1-4H3,(H2,17,18,19)/b13-9+,14-11-/t15-/m1/s1. The zero-order valence-electron chi connectivity index (χ0n) is 12.8. The van der Waals surface area contributed by atoms with Gasteiger partial charge in [0.15, 0.2) is 5.85 Å². The van der Waals surface area contributed by atoms with Crippen molar-refractivity contribution in [2.24, 2.45) is 0 Å². The Morgan fingerprint density at radius 1 is 1.00 bits per heavy atom. The molecule has 0 rings (SSSR count). The molecule has 0 radical (unpaired) electrons. The van der Waals surface area contributed by atoms with Gasteiger partial charge in [-0.05, 0) is 59.5 Å². The maximum absolute atomic E-state index is 10.8. The van der Waals surface area contributed by atoms with Gasteiger partial charge in [0.1, 0.15) is 0 Å². The maximum Gasteiger partial charge on any atom is 0.357 e. The minimum Gasteiger partial charge on any atom is -0.377 e. The van der Waals surface area contributed by atoms with Crippen LogP contribution in [0.2, 0.25) is 0 Å². The van der Waals surface area contributed by atoms with Gasteiger partial charge < -0.3 is 14.9 Å².